The van der Waals surface area contributed by atoms with E-state index >= 15 is 0 Å². The highest BCUT2D eigenvalue weighted by Gasteiger charge is 2.15. The minimum Gasteiger partial charge on any atom is -0.355 e. The van der Waals surface area contributed by atoms with E-state index in [1.165, 1.54) is 29.5 Å². The molecule has 0 unspecified atom stereocenters. The monoisotopic (exact) mass is 447 g/mol. The Morgan fingerprint density at radius 2 is 1.61 bits per heavy atom. The number of benzene rings is 3. The van der Waals surface area contributed by atoms with Gasteiger partial charge in [-0.1, -0.05) is 41.4 Å². The summed E-state index contributed by atoms with van der Waals surface area (Å²) in [5, 5.41) is 6.10. The van der Waals surface area contributed by atoms with Crippen LogP contribution in [-0.4, -0.2) is 23.0 Å². The highest BCUT2D eigenvalue weighted by atomic mass is 35.5. The van der Waals surface area contributed by atoms with Gasteiger partial charge < -0.3 is 5.32 Å². The van der Waals surface area contributed by atoms with Gasteiger partial charge in [-0.05, 0) is 91.2 Å². The topological polar surface area (TPSA) is 28.2 Å². The normalized spacial score (nSPS) is 14.3. The Bertz CT molecular complexity index is 1220. The SMILES string of the molecule is Clc1ccc(-c2ccc(Nc3ccnc4cc(Cl)ccc34)cc2CN2CCCC2)cc1. The van der Waals surface area contributed by atoms with Gasteiger partial charge in [0, 0.05) is 39.5 Å². The summed E-state index contributed by atoms with van der Waals surface area (Å²) in [4.78, 5) is 6.98. The minimum absolute atomic E-state index is 0.692. The molecule has 5 heteroatoms. The molecule has 4 aromatic rings. The number of fused-ring (bicyclic) bond motifs is 1. The number of hydrogen-bond acceptors (Lipinski definition) is 3. The molecule has 2 heterocycles. The van der Waals surface area contributed by atoms with Crippen molar-refractivity contribution in [3.05, 3.63) is 88.5 Å². The molecule has 0 bridgehead atoms. The predicted molar refractivity (Wildman–Crippen MR) is 131 cm³/mol. The molecule has 1 aromatic heterocycles. The van der Waals surface area contributed by atoms with Crippen LogP contribution in [0.25, 0.3) is 22.0 Å². The molecule has 0 amide bonds. The lowest BCUT2D eigenvalue weighted by molar-refractivity contribution is 0.332. The molecule has 31 heavy (non-hydrogen) atoms. The maximum Gasteiger partial charge on any atom is 0.0737 e. The Morgan fingerprint density at radius 3 is 2.42 bits per heavy atom. The van der Waals surface area contributed by atoms with Crippen LogP contribution in [-0.2, 0) is 6.54 Å². The van der Waals surface area contributed by atoms with Crippen molar-refractivity contribution >= 4 is 45.5 Å². The quantitative estimate of drug-likeness (QED) is 0.342. The van der Waals surface area contributed by atoms with E-state index in [0.29, 0.717) is 5.02 Å². The summed E-state index contributed by atoms with van der Waals surface area (Å²) in [5.41, 5.74) is 6.72. The van der Waals surface area contributed by atoms with E-state index in [-0.39, 0.29) is 0 Å². The number of rotatable bonds is 5. The summed E-state index contributed by atoms with van der Waals surface area (Å²) >= 11 is 12.3. The van der Waals surface area contributed by atoms with E-state index in [1.807, 2.05) is 42.6 Å². The van der Waals surface area contributed by atoms with E-state index in [4.69, 9.17) is 23.2 Å². The van der Waals surface area contributed by atoms with Gasteiger partial charge in [0.1, 0.15) is 0 Å². The number of anilines is 2. The molecule has 3 aromatic carbocycles. The van der Waals surface area contributed by atoms with E-state index in [2.05, 4.69) is 45.5 Å². The Hall–Kier alpha value is -2.59. The average Bonchev–Trinajstić information content (AvgIpc) is 3.28. The number of likely N-dealkylation sites (tertiary alicyclic amines) is 1. The third-order valence-electron chi connectivity index (χ3n) is 5.84. The molecule has 0 spiro atoms. The molecule has 1 aliphatic rings. The van der Waals surface area contributed by atoms with Crippen molar-refractivity contribution in [3.63, 3.8) is 0 Å². The zero-order chi connectivity index (χ0) is 21.2. The number of nitrogens with one attached hydrogen (secondary N) is 1. The molecule has 1 aliphatic heterocycles. The van der Waals surface area contributed by atoms with Crippen LogP contribution in [0.3, 0.4) is 0 Å². The van der Waals surface area contributed by atoms with Crippen molar-refractivity contribution in [3.8, 4) is 11.1 Å². The molecule has 3 nitrogen and oxygen atoms in total. The summed E-state index contributed by atoms with van der Waals surface area (Å²) in [6, 6.07) is 22.5. The van der Waals surface area contributed by atoms with Crippen LogP contribution in [0.1, 0.15) is 18.4 Å². The van der Waals surface area contributed by atoms with Crippen molar-refractivity contribution in [2.24, 2.45) is 0 Å². The fourth-order valence-corrected chi connectivity index (χ4v) is 4.57. The fourth-order valence-electron chi connectivity index (χ4n) is 4.28. The van der Waals surface area contributed by atoms with Gasteiger partial charge in [-0.25, -0.2) is 0 Å². The summed E-state index contributed by atoms with van der Waals surface area (Å²) < 4.78 is 0. The van der Waals surface area contributed by atoms with Gasteiger partial charge in [0.25, 0.3) is 0 Å². The second-order valence-corrected chi connectivity index (χ2v) is 8.88. The first kappa shape index (κ1) is 20.3. The Kier molecular flexibility index (Phi) is 5.82. The van der Waals surface area contributed by atoms with Gasteiger partial charge in [-0.3, -0.25) is 9.88 Å². The summed E-state index contributed by atoms with van der Waals surface area (Å²) in [6.07, 6.45) is 4.37. The summed E-state index contributed by atoms with van der Waals surface area (Å²) in [6.45, 7) is 3.26. The minimum atomic E-state index is 0.692. The number of nitrogens with zero attached hydrogens (tertiary/aromatic N) is 2. The van der Waals surface area contributed by atoms with Gasteiger partial charge in [-0.2, -0.15) is 0 Å². The van der Waals surface area contributed by atoms with E-state index in [1.54, 1.807) is 0 Å². The third kappa shape index (κ3) is 4.54. The molecule has 1 N–H and O–H groups in total. The smallest absolute Gasteiger partial charge is 0.0737 e. The van der Waals surface area contributed by atoms with Crippen LogP contribution < -0.4 is 5.32 Å². The zero-order valence-electron chi connectivity index (χ0n) is 17.1. The first-order chi connectivity index (χ1) is 15.2. The largest absolute Gasteiger partial charge is 0.355 e. The van der Waals surface area contributed by atoms with Crippen LogP contribution in [0.15, 0.2) is 72.9 Å². The second kappa shape index (κ2) is 8.88. The first-order valence-electron chi connectivity index (χ1n) is 10.6. The summed E-state index contributed by atoms with van der Waals surface area (Å²) in [7, 11) is 0. The Morgan fingerprint density at radius 1 is 0.839 bits per heavy atom. The number of pyridine rings is 1. The maximum atomic E-state index is 6.15. The van der Waals surface area contributed by atoms with Crippen molar-refractivity contribution in [1.82, 2.24) is 9.88 Å². The zero-order valence-corrected chi connectivity index (χ0v) is 18.6. The molecular formula is C26H23Cl2N3. The summed E-state index contributed by atoms with van der Waals surface area (Å²) in [5.74, 6) is 0. The molecule has 1 fully saturated rings. The molecule has 5 rings (SSSR count). The predicted octanol–water partition coefficient (Wildman–Crippen LogP) is 7.55. The lowest BCUT2D eigenvalue weighted by atomic mass is 9.98. The van der Waals surface area contributed by atoms with Crippen molar-refractivity contribution in [1.29, 1.82) is 0 Å². The van der Waals surface area contributed by atoms with Gasteiger partial charge in [0.2, 0.25) is 0 Å². The van der Waals surface area contributed by atoms with Crippen LogP contribution in [0.5, 0.6) is 0 Å². The van der Waals surface area contributed by atoms with E-state index in [0.717, 1.165) is 46.9 Å². The van der Waals surface area contributed by atoms with Gasteiger partial charge in [0.15, 0.2) is 0 Å². The molecular weight excluding hydrogens is 425 g/mol. The molecule has 0 atom stereocenters. The third-order valence-corrected chi connectivity index (χ3v) is 6.32. The number of hydrogen-bond donors (Lipinski definition) is 1. The van der Waals surface area contributed by atoms with Gasteiger partial charge in [-0.15, -0.1) is 0 Å². The first-order valence-corrected chi connectivity index (χ1v) is 11.3. The van der Waals surface area contributed by atoms with E-state index < -0.39 is 0 Å². The Labute approximate surface area is 192 Å². The van der Waals surface area contributed by atoms with Crippen LogP contribution in [0, 0.1) is 0 Å². The Balaban J connectivity index is 1.51. The second-order valence-electron chi connectivity index (χ2n) is 8.01. The van der Waals surface area contributed by atoms with Crippen LogP contribution in [0.2, 0.25) is 10.0 Å². The van der Waals surface area contributed by atoms with Crippen molar-refractivity contribution in [2.75, 3.05) is 18.4 Å². The van der Waals surface area contributed by atoms with Gasteiger partial charge >= 0.3 is 0 Å². The molecule has 0 aliphatic carbocycles. The van der Waals surface area contributed by atoms with E-state index in [9.17, 15) is 0 Å². The highest BCUT2D eigenvalue weighted by molar-refractivity contribution is 6.31. The standard InChI is InChI=1S/C26H23Cl2N3/c27-20-5-3-18(4-6-20)23-10-8-22(15-19(23)17-31-13-1-2-14-31)30-25-11-12-29-26-16-21(28)7-9-24(25)26/h3-12,15-16H,1-2,13-14,17H2,(H,29,30). The lowest BCUT2D eigenvalue weighted by Gasteiger charge is -2.19. The van der Waals surface area contributed by atoms with Crippen molar-refractivity contribution < 1.29 is 0 Å². The van der Waals surface area contributed by atoms with Crippen molar-refractivity contribution in [2.45, 2.75) is 19.4 Å². The van der Waals surface area contributed by atoms with Crippen LogP contribution >= 0.6 is 23.2 Å². The fraction of sp³-hybridized carbons (Fsp3) is 0.192. The molecule has 0 saturated carbocycles. The molecule has 156 valence electrons. The maximum absolute atomic E-state index is 6.15. The molecule has 1 saturated heterocycles. The average molecular weight is 448 g/mol. The van der Waals surface area contributed by atoms with Gasteiger partial charge in [0.05, 0.1) is 5.52 Å². The van der Waals surface area contributed by atoms with Crippen LogP contribution in [0.4, 0.5) is 11.4 Å². The number of aromatic nitrogens is 1. The highest BCUT2D eigenvalue weighted by Crippen LogP contribution is 2.32. The lowest BCUT2D eigenvalue weighted by Crippen LogP contribution is -2.19. The number of halogens is 2. The molecule has 0 radical (unpaired) electrons.